The first-order chi connectivity index (χ1) is 7.79. The lowest BCUT2D eigenvalue weighted by Gasteiger charge is -2.30. The van der Waals surface area contributed by atoms with Crippen LogP contribution >= 0.6 is 0 Å². The van der Waals surface area contributed by atoms with Crippen LogP contribution in [-0.4, -0.2) is 11.9 Å². The molecule has 1 fully saturated rings. The Hall–Kier alpha value is -0.530. The first-order valence-electron chi connectivity index (χ1n) is 7.08. The van der Waals surface area contributed by atoms with Crippen LogP contribution in [0.1, 0.15) is 66.7 Å². The normalized spacial score (nSPS) is 27.6. The van der Waals surface area contributed by atoms with Crippen LogP contribution in [0.4, 0.5) is 0 Å². The molecule has 0 aliphatic heterocycles. The van der Waals surface area contributed by atoms with E-state index in [4.69, 9.17) is 0 Å². The third-order valence-corrected chi connectivity index (χ3v) is 4.35. The number of hydrogen-bond acceptors (Lipinski definition) is 1. The summed E-state index contributed by atoms with van der Waals surface area (Å²) in [6.07, 6.45) is 5.52. The van der Waals surface area contributed by atoms with Crippen LogP contribution < -0.4 is 5.32 Å². The molecule has 1 aliphatic rings. The zero-order valence-corrected chi connectivity index (χ0v) is 12.2. The molecule has 1 aliphatic carbocycles. The summed E-state index contributed by atoms with van der Waals surface area (Å²) in [4.78, 5) is 11.9. The fraction of sp³-hybridized carbons (Fsp3) is 0.933. The number of rotatable bonds is 3. The molecule has 1 N–H and O–H groups in total. The maximum absolute atomic E-state index is 11.9. The van der Waals surface area contributed by atoms with Gasteiger partial charge in [-0.05, 0) is 42.9 Å². The summed E-state index contributed by atoms with van der Waals surface area (Å²) in [7, 11) is 0. The van der Waals surface area contributed by atoms with Crippen LogP contribution in [0.15, 0.2) is 0 Å². The summed E-state index contributed by atoms with van der Waals surface area (Å²) in [5, 5.41) is 3.20. The first-order valence-corrected chi connectivity index (χ1v) is 7.08. The van der Waals surface area contributed by atoms with Gasteiger partial charge in [0.15, 0.2) is 0 Å². The molecule has 1 saturated carbocycles. The predicted octanol–water partition coefficient (Wildman–Crippen LogP) is 3.75. The van der Waals surface area contributed by atoms with E-state index >= 15 is 0 Å². The van der Waals surface area contributed by atoms with E-state index in [2.05, 4.69) is 39.9 Å². The van der Waals surface area contributed by atoms with Gasteiger partial charge in [-0.2, -0.15) is 0 Å². The first kappa shape index (κ1) is 14.5. The van der Waals surface area contributed by atoms with Gasteiger partial charge in [0, 0.05) is 12.5 Å². The molecular formula is C15H29NO. The average Bonchev–Trinajstić information content (AvgIpc) is 2.20. The maximum atomic E-state index is 11.9. The van der Waals surface area contributed by atoms with E-state index in [-0.39, 0.29) is 11.3 Å². The summed E-state index contributed by atoms with van der Waals surface area (Å²) in [5.41, 5.74) is 0.221. The van der Waals surface area contributed by atoms with Gasteiger partial charge in [0.05, 0.1) is 0 Å². The highest BCUT2D eigenvalue weighted by Crippen LogP contribution is 2.28. The molecule has 0 saturated heterocycles. The lowest BCUT2D eigenvalue weighted by atomic mass is 9.80. The second-order valence-corrected chi connectivity index (χ2v) is 7.00. The van der Waals surface area contributed by atoms with Crippen molar-refractivity contribution in [1.29, 1.82) is 0 Å². The Balaban J connectivity index is 2.30. The van der Waals surface area contributed by atoms with E-state index in [9.17, 15) is 4.79 Å². The van der Waals surface area contributed by atoms with Crippen molar-refractivity contribution in [3.63, 3.8) is 0 Å². The molecule has 0 aromatic heterocycles. The van der Waals surface area contributed by atoms with Gasteiger partial charge in [0.1, 0.15) is 0 Å². The zero-order valence-electron chi connectivity index (χ0n) is 12.2. The molecule has 0 radical (unpaired) electrons. The van der Waals surface area contributed by atoms with Gasteiger partial charge in [0.25, 0.3) is 0 Å². The SMILES string of the molecule is CC1CCC(NC(=O)CC(C)C(C)(C)C)CC1. The van der Waals surface area contributed by atoms with Gasteiger partial charge >= 0.3 is 0 Å². The Labute approximate surface area is 107 Å². The highest BCUT2D eigenvalue weighted by molar-refractivity contribution is 5.76. The van der Waals surface area contributed by atoms with Gasteiger partial charge in [-0.15, -0.1) is 0 Å². The topological polar surface area (TPSA) is 29.1 Å². The molecule has 2 nitrogen and oxygen atoms in total. The largest absolute Gasteiger partial charge is 0.353 e. The van der Waals surface area contributed by atoms with E-state index < -0.39 is 0 Å². The van der Waals surface area contributed by atoms with Crippen molar-refractivity contribution in [2.45, 2.75) is 72.8 Å². The molecule has 0 bridgehead atoms. The Morgan fingerprint density at radius 2 is 1.76 bits per heavy atom. The van der Waals surface area contributed by atoms with Crippen molar-refractivity contribution >= 4 is 5.91 Å². The number of nitrogens with one attached hydrogen (secondary N) is 1. The van der Waals surface area contributed by atoms with Crippen molar-refractivity contribution in [2.75, 3.05) is 0 Å². The molecule has 1 rings (SSSR count). The summed E-state index contributed by atoms with van der Waals surface area (Å²) < 4.78 is 0. The smallest absolute Gasteiger partial charge is 0.220 e. The fourth-order valence-electron chi connectivity index (χ4n) is 2.28. The van der Waals surface area contributed by atoms with Gasteiger partial charge in [-0.25, -0.2) is 0 Å². The van der Waals surface area contributed by atoms with E-state index in [0.29, 0.717) is 18.4 Å². The lowest BCUT2D eigenvalue weighted by Crippen LogP contribution is -2.38. The van der Waals surface area contributed by atoms with Crippen molar-refractivity contribution < 1.29 is 4.79 Å². The highest BCUT2D eigenvalue weighted by atomic mass is 16.1. The van der Waals surface area contributed by atoms with E-state index in [0.717, 1.165) is 18.8 Å². The molecule has 1 atom stereocenters. The monoisotopic (exact) mass is 239 g/mol. The van der Waals surface area contributed by atoms with E-state index in [1.54, 1.807) is 0 Å². The van der Waals surface area contributed by atoms with Crippen molar-refractivity contribution in [3.05, 3.63) is 0 Å². The van der Waals surface area contributed by atoms with Gasteiger partial charge in [-0.3, -0.25) is 4.79 Å². The molecule has 0 spiro atoms. The molecule has 0 aromatic carbocycles. The van der Waals surface area contributed by atoms with E-state index in [1.165, 1.54) is 12.8 Å². The number of hydrogen-bond donors (Lipinski definition) is 1. The average molecular weight is 239 g/mol. The van der Waals surface area contributed by atoms with Crippen LogP contribution in [0.3, 0.4) is 0 Å². The molecule has 0 heterocycles. The van der Waals surface area contributed by atoms with Crippen LogP contribution in [0.2, 0.25) is 0 Å². The Morgan fingerprint density at radius 3 is 2.24 bits per heavy atom. The molecule has 17 heavy (non-hydrogen) atoms. The van der Waals surface area contributed by atoms with Crippen LogP contribution in [0, 0.1) is 17.3 Å². The summed E-state index contributed by atoms with van der Waals surface area (Å²) in [6.45, 7) is 11.1. The molecule has 0 aromatic rings. The Morgan fingerprint density at radius 1 is 1.24 bits per heavy atom. The molecule has 1 amide bonds. The standard InChI is InChI=1S/C15H29NO/c1-11-6-8-13(9-7-11)16-14(17)10-12(2)15(3,4)5/h11-13H,6-10H2,1-5H3,(H,16,17). The number of carbonyl (C=O) groups is 1. The fourth-order valence-corrected chi connectivity index (χ4v) is 2.28. The third kappa shape index (κ3) is 5.10. The van der Waals surface area contributed by atoms with Crippen LogP contribution in [0.25, 0.3) is 0 Å². The highest BCUT2D eigenvalue weighted by Gasteiger charge is 2.24. The molecule has 2 heteroatoms. The lowest BCUT2D eigenvalue weighted by molar-refractivity contribution is -0.123. The Kier molecular flexibility index (Phi) is 5.03. The molecular weight excluding hydrogens is 210 g/mol. The Bertz CT molecular complexity index is 246. The predicted molar refractivity (Wildman–Crippen MR) is 72.8 cm³/mol. The maximum Gasteiger partial charge on any atom is 0.220 e. The minimum absolute atomic E-state index is 0.221. The summed E-state index contributed by atoms with van der Waals surface area (Å²) >= 11 is 0. The van der Waals surface area contributed by atoms with Crippen molar-refractivity contribution in [2.24, 2.45) is 17.3 Å². The van der Waals surface area contributed by atoms with Crippen LogP contribution in [0.5, 0.6) is 0 Å². The van der Waals surface area contributed by atoms with Crippen molar-refractivity contribution in [3.8, 4) is 0 Å². The molecule has 100 valence electrons. The van der Waals surface area contributed by atoms with Gasteiger partial charge in [-0.1, -0.05) is 34.6 Å². The second kappa shape index (κ2) is 5.88. The van der Waals surface area contributed by atoms with Crippen molar-refractivity contribution in [1.82, 2.24) is 5.32 Å². The third-order valence-electron chi connectivity index (χ3n) is 4.35. The number of amides is 1. The number of carbonyl (C=O) groups excluding carboxylic acids is 1. The van der Waals surface area contributed by atoms with Gasteiger partial charge < -0.3 is 5.32 Å². The zero-order chi connectivity index (χ0) is 13.1. The van der Waals surface area contributed by atoms with E-state index in [1.807, 2.05) is 0 Å². The quantitative estimate of drug-likeness (QED) is 0.798. The summed E-state index contributed by atoms with van der Waals surface area (Å²) in [5.74, 6) is 1.52. The summed E-state index contributed by atoms with van der Waals surface area (Å²) in [6, 6.07) is 0.436. The van der Waals surface area contributed by atoms with Crippen LogP contribution in [-0.2, 0) is 4.79 Å². The molecule has 1 unspecified atom stereocenters. The minimum Gasteiger partial charge on any atom is -0.353 e. The second-order valence-electron chi connectivity index (χ2n) is 7.00. The minimum atomic E-state index is 0.221. The van der Waals surface area contributed by atoms with Gasteiger partial charge in [0.2, 0.25) is 5.91 Å².